The molecule has 2 aliphatic heterocycles. The first-order valence-corrected chi connectivity index (χ1v) is 10.6. The molecule has 2 saturated heterocycles. The highest BCUT2D eigenvalue weighted by Crippen LogP contribution is 2.40. The molecule has 6 nitrogen and oxygen atoms in total. The first-order chi connectivity index (χ1) is 14.7. The number of ether oxygens (including phenoxy) is 4. The van der Waals surface area contributed by atoms with Crippen LogP contribution in [0.3, 0.4) is 0 Å². The summed E-state index contributed by atoms with van der Waals surface area (Å²) < 4.78 is 21.9. The largest absolute Gasteiger partial charge is 0.493 e. The van der Waals surface area contributed by atoms with E-state index in [9.17, 15) is 0 Å². The number of anilines is 1. The summed E-state index contributed by atoms with van der Waals surface area (Å²) in [5, 5.41) is 0. The molecule has 0 amide bonds. The number of benzene rings is 2. The normalized spacial score (nSPS) is 21.7. The van der Waals surface area contributed by atoms with Gasteiger partial charge in [-0.25, -0.2) is 0 Å². The van der Waals surface area contributed by atoms with Crippen LogP contribution in [0.4, 0.5) is 5.69 Å². The van der Waals surface area contributed by atoms with E-state index in [1.807, 2.05) is 12.1 Å². The van der Waals surface area contributed by atoms with Crippen LogP contribution in [0.25, 0.3) is 0 Å². The molecule has 2 atom stereocenters. The number of methoxy groups -OCH3 is 4. The van der Waals surface area contributed by atoms with Crippen LogP contribution in [0.5, 0.6) is 23.0 Å². The standard InChI is InChI=1S/C24H32N2O4/c1-27-21-10-8-17(14-23(21)29-3)20-7-5-6-19-16-25(12-13-26(19)20)18-9-11-22(28-2)24(15-18)30-4/h8-11,14-15,19-20H,5-7,12-13,16H2,1-4H3. The molecule has 0 radical (unpaired) electrons. The second-order valence-electron chi connectivity index (χ2n) is 7.94. The zero-order chi connectivity index (χ0) is 21.1. The Labute approximate surface area is 179 Å². The van der Waals surface area contributed by atoms with Gasteiger partial charge in [0.25, 0.3) is 0 Å². The number of hydrogen-bond donors (Lipinski definition) is 0. The van der Waals surface area contributed by atoms with Crippen LogP contribution in [0.1, 0.15) is 30.9 Å². The fourth-order valence-electron chi connectivity index (χ4n) is 4.92. The Kier molecular flexibility index (Phi) is 6.23. The maximum Gasteiger partial charge on any atom is 0.162 e. The van der Waals surface area contributed by atoms with E-state index < -0.39 is 0 Å². The average molecular weight is 413 g/mol. The number of hydrogen-bond acceptors (Lipinski definition) is 6. The molecule has 162 valence electrons. The van der Waals surface area contributed by atoms with Crippen molar-refractivity contribution in [1.82, 2.24) is 4.90 Å². The molecule has 0 aromatic heterocycles. The quantitative estimate of drug-likeness (QED) is 0.711. The van der Waals surface area contributed by atoms with E-state index >= 15 is 0 Å². The number of piperazine rings is 1. The minimum atomic E-state index is 0.427. The van der Waals surface area contributed by atoms with Crippen LogP contribution < -0.4 is 23.8 Å². The molecule has 2 heterocycles. The van der Waals surface area contributed by atoms with E-state index in [1.165, 1.54) is 30.5 Å². The van der Waals surface area contributed by atoms with Crippen LogP contribution >= 0.6 is 0 Å². The second-order valence-corrected chi connectivity index (χ2v) is 7.94. The molecule has 2 fully saturated rings. The van der Waals surface area contributed by atoms with Gasteiger partial charge in [0.05, 0.1) is 28.4 Å². The molecule has 2 unspecified atom stereocenters. The van der Waals surface area contributed by atoms with Gasteiger partial charge in [-0.2, -0.15) is 0 Å². The zero-order valence-electron chi connectivity index (χ0n) is 18.4. The summed E-state index contributed by atoms with van der Waals surface area (Å²) in [6.07, 6.45) is 3.65. The molecular weight excluding hydrogens is 380 g/mol. The van der Waals surface area contributed by atoms with E-state index in [0.717, 1.165) is 42.6 Å². The molecule has 2 aromatic carbocycles. The van der Waals surface area contributed by atoms with E-state index in [1.54, 1.807) is 28.4 Å². The SMILES string of the molecule is COc1ccc(C2CCCC3CN(c4ccc(OC)c(OC)c4)CCN32)cc1OC. The van der Waals surface area contributed by atoms with E-state index in [-0.39, 0.29) is 0 Å². The minimum Gasteiger partial charge on any atom is -0.493 e. The Hall–Kier alpha value is -2.60. The Bertz CT molecular complexity index is 872. The first-order valence-electron chi connectivity index (χ1n) is 10.6. The van der Waals surface area contributed by atoms with Crippen molar-refractivity contribution in [2.75, 3.05) is 53.0 Å². The van der Waals surface area contributed by atoms with Crippen molar-refractivity contribution in [2.24, 2.45) is 0 Å². The number of rotatable bonds is 6. The summed E-state index contributed by atoms with van der Waals surface area (Å²) in [6.45, 7) is 3.06. The molecule has 2 aromatic rings. The van der Waals surface area contributed by atoms with Crippen LogP contribution in [0.2, 0.25) is 0 Å². The van der Waals surface area contributed by atoms with E-state index in [4.69, 9.17) is 18.9 Å². The Balaban J connectivity index is 1.52. The monoisotopic (exact) mass is 412 g/mol. The van der Waals surface area contributed by atoms with Gasteiger partial charge >= 0.3 is 0 Å². The van der Waals surface area contributed by atoms with Crippen molar-refractivity contribution in [1.29, 1.82) is 0 Å². The molecule has 0 N–H and O–H groups in total. The molecule has 6 heteroatoms. The first kappa shape index (κ1) is 20.7. The van der Waals surface area contributed by atoms with Crippen LogP contribution in [-0.4, -0.2) is 59.0 Å². The third kappa shape index (κ3) is 3.88. The predicted molar refractivity (Wildman–Crippen MR) is 118 cm³/mol. The highest BCUT2D eigenvalue weighted by molar-refractivity contribution is 5.57. The third-order valence-electron chi connectivity index (χ3n) is 6.47. The third-order valence-corrected chi connectivity index (χ3v) is 6.47. The lowest BCUT2D eigenvalue weighted by Crippen LogP contribution is -2.55. The maximum absolute atomic E-state index is 5.55. The highest BCUT2D eigenvalue weighted by atomic mass is 16.5. The molecular formula is C24H32N2O4. The van der Waals surface area contributed by atoms with Gasteiger partial charge in [0.1, 0.15) is 0 Å². The lowest BCUT2D eigenvalue weighted by atomic mass is 9.89. The van der Waals surface area contributed by atoms with Crippen LogP contribution in [0, 0.1) is 0 Å². The number of fused-ring (bicyclic) bond motifs is 1. The highest BCUT2D eigenvalue weighted by Gasteiger charge is 2.36. The fourth-order valence-corrected chi connectivity index (χ4v) is 4.92. The summed E-state index contributed by atoms with van der Waals surface area (Å²) in [5.41, 5.74) is 2.51. The van der Waals surface area contributed by atoms with E-state index in [0.29, 0.717) is 12.1 Å². The van der Waals surface area contributed by atoms with Gasteiger partial charge in [-0.15, -0.1) is 0 Å². The lowest BCUT2D eigenvalue weighted by Gasteiger charge is -2.49. The van der Waals surface area contributed by atoms with Crippen molar-refractivity contribution >= 4 is 5.69 Å². The van der Waals surface area contributed by atoms with Crippen LogP contribution in [0.15, 0.2) is 36.4 Å². The molecule has 0 aliphatic carbocycles. The van der Waals surface area contributed by atoms with E-state index in [2.05, 4.69) is 34.1 Å². The van der Waals surface area contributed by atoms with Crippen LogP contribution in [-0.2, 0) is 0 Å². The maximum atomic E-state index is 5.55. The zero-order valence-corrected chi connectivity index (χ0v) is 18.4. The van der Waals surface area contributed by atoms with Crippen molar-refractivity contribution < 1.29 is 18.9 Å². The predicted octanol–water partition coefficient (Wildman–Crippen LogP) is 4.14. The minimum absolute atomic E-state index is 0.427. The van der Waals surface area contributed by atoms with Gasteiger partial charge in [-0.1, -0.05) is 6.07 Å². The Morgan fingerprint density at radius 3 is 2.10 bits per heavy atom. The van der Waals surface area contributed by atoms with Gasteiger partial charge in [-0.3, -0.25) is 4.90 Å². The summed E-state index contributed by atoms with van der Waals surface area (Å²) in [4.78, 5) is 5.15. The topological polar surface area (TPSA) is 43.4 Å². The van der Waals surface area contributed by atoms with Gasteiger partial charge in [0, 0.05) is 43.5 Å². The van der Waals surface area contributed by atoms with Gasteiger partial charge in [0.2, 0.25) is 0 Å². The average Bonchev–Trinajstić information content (AvgIpc) is 2.82. The van der Waals surface area contributed by atoms with Crippen molar-refractivity contribution in [3.63, 3.8) is 0 Å². The van der Waals surface area contributed by atoms with Crippen molar-refractivity contribution in [3.05, 3.63) is 42.0 Å². The summed E-state index contributed by atoms with van der Waals surface area (Å²) >= 11 is 0. The molecule has 2 aliphatic rings. The summed E-state index contributed by atoms with van der Waals surface area (Å²) in [6, 6.07) is 13.5. The number of nitrogens with zero attached hydrogens (tertiary/aromatic N) is 2. The molecule has 4 rings (SSSR count). The van der Waals surface area contributed by atoms with Gasteiger partial charge < -0.3 is 23.8 Å². The van der Waals surface area contributed by atoms with Gasteiger partial charge in [-0.05, 0) is 49.1 Å². The summed E-state index contributed by atoms with van der Waals surface area (Å²) in [7, 11) is 6.75. The lowest BCUT2D eigenvalue weighted by molar-refractivity contribution is 0.0715. The molecule has 30 heavy (non-hydrogen) atoms. The number of piperidine rings is 1. The molecule has 0 saturated carbocycles. The molecule has 0 spiro atoms. The fraction of sp³-hybridized carbons (Fsp3) is 0.500. The smallest absolute Gasteiger partial charge is 0.162 e. The molecule has 0 bridgehead atoms. The van der Waals surface area contributed by atoms with Crippen molar-refractivity contribution in [3.8, 4) is 23.0 Å². The summed E-state index contributed by atoms with van der Waals surface area (Å²) in [5.74, 6) is 3.14. The van der Waals surface area contributed by atoms with Gasteiger partial charge in [0.15, 0.2) is 23.0 Å². The van der Waals surface area contributed by atoms with Crippen molar-refractivity contribution in [2.45, 2.75) is 31.3 Å². The Morgan fingerprint density at radius 1 is 0.733 bits per heavy atom. The second kappa shape index (κ2) is 9.04. The Morgan fingerprint density at radius 2 is 1.40 bits per heavy atom.